The van der Waals surface area contributed by atoms with Crippen molar-refractivity contribution in [2.75, 3.05) is 13.2 Å². The van der Waals surface area contributed by atoms with E-state index in [2.05, 4.69) is 15.0 Å². The normalized spacial score (nSPS) is 16.7. The van der Waals surface area contributed by atoms with Gasteiger partial charge in [0.1, 0.15) is 0 Å². The molecule has 1 fully saturated rings. The Labute approximate surface area is 128 Å². The molecule has 0 unspecified atom stereocenters. The summed E-state index contributed by atoms with van der Waals surface area (Å²) in [5.41, 5.74) is 1.00. The Hall–Kier alpha value is -1.24. The minimum absolute atomic E-state index is 0.169. The maximum atomic E-state index is 9.29. The summed E-state index contributed by atoms with van der Waals surface area (Å²) in [7, 11) is 0. The third-order valence-corrected chi connectivity index (χ3v) is 4.75. The van der Waals surface area contributed by atoms with Gasteiger partial charge < -0.3 is 9.63 Å². The first-order valence-corrected chi connectivity index (χ1v) is 8.51. The summed E-state index contributed by atoms with van der Waals surface area (Å²) in [4.78, 5) is 6.76. The van der Waals surface area contributed by atoms with Crippen LogP contribution in [0, 0.1) is 0 Å². The van der Waals surface area contributed by atoms with Crippen LogP contribution >= 0.6 is 11.3 Å². The van der Waals surface area contributed by atoms with E-state index in [1.165, 1.54) is 32.1 Å². The smallest absolute Gasteiger partial charge is 0.241 e. The Morgan fingerprint density at radius 2 is 2.19 bits per heavy atom. The summed E-state index contributed by atoms with van der Waals surface area (Å²) in [6.45, 7) is 1.46. The number of aliphatic hydroxyl groups excluding tert-OH is 1. The van der Waals surface area contributed by atoms with Gasteiger partial charge >= 0.3 is 0 Å². The molecule has 0 radical (unpaired) electrons. The predicted molar refractivity (Wildman–Crippen MR) is 82.0 cm³/mol. The van der Waals surface area contributed by atoms with Gasteiger partial charge in [0.05, 0.1) is 13.2 Å². The second kappa shape index (κ2) is 7.15. The summed E-state index contributed by atoms with van der Waals surface area (Å²) in [5.74, 6) is 1.29. The zero-order valence-electron chi connectivity index (χ0n) is 12.1. The van der Waals surface area contributed by atoms with E-state index in [1.807, 2.05) is 16.8 Å². The van der Waals surface area contributed by atoms with Crippen LogP contribution in [0.5, 0.6) is 0 Å². The van der Waals surface area contributed by atoms with Crippen molar-refractivity contribution in [1.29, 1.82) is 0 Å². The fourth-order valence-electron chi connectivity index (χ4n) is 2.97. The highest BCUT2D eigenvalue weighted by atomic mass is 32.1. The van der Waals surface area contributed by atoms with E-state index < -0.39 is 0 Å². The number of hydrogen-bond acceptors (Lipinski definition) is 6. The maximum absolute atomic E-state index is 9.29. The van der Waals surface area contributed by atoms with Crippen molar-refractivity contribution in [3.05, 3.63) is 22.7 Å². The molecule has 21 heavy (non-hydrogen) atoms. The van der Waals surface area contributed by atoms with Crippen molar-refractivity contribution >= 4 is 11.3 Å². The monoisotopic (exact) mass is 307 g/mol. The third-order valence-electron chi connectivity index (χ3n) is 4.06. The highest BCUT2D eigenvalue weighted by molar-refractivity contribution is 7.08. The molecule has 1 saturated carbocycles. The number of rotatable bonds is 6. The average Bonchev–Trinajstić information content (AvgIpc) is 3.19. The first-order valence-electron chi connectivity index (χ1n) is 7.57. The average molecular weight is 307 g/mol. The van der Waals surface area contributed by atoms with Gasteiger partial charge in [-0.2, -0.15) is 16.3 Å². The van der Waals surface area contributed by atoms with Gasteiger partial charge in [0.25, 0.3) is 0 Å². The van der Waals surface area contributed by atoms with E-state index in [-0.39, 0.29) is 6.61 Å². The summed E-state index contributed by atoms with van der Waals surface area (Å²) in [5, 5.41) is 17.4. The van der Waals surface area contributed by atoms with Gasteiger partial charge in [-0.05, 0) is 24.3 Å². The molecule has 0 saturated heterocycles. The summed E-state index contributed by atoms with van der Waals surface area (Å²) >= 11 is 1.62. The quantitative estimate of drug-likeness (QED) is 0.889. The molecule has 1 aliphatic rings. The molecule has 0 aliphatic heterocycles. The minimum atomic E-state index is 0.169. The van der Waals surface area contributed by atoms with E-state index >= 15 is 0 Å². The van der Waals surface area contributed by atoms with Gasteiger partial charge in [-0.1, -0.05) is 24.4 Å². The first-order chi connectivity index (χ1) is 10.4. The zero-order chi connectivity index (χ0) is 14.5. The fourth-order valence-corrected chi connectivity index (χ4v) is 3.60. The number of nitrogens with zero attached hydrogens (tertiary/aromatic N) is 3. The molecule has 0 amide bonds. The zero-order valence-corrected chi connectivity index (χ0v) is 12.9. The van der Waals surface area contributed by atoms with Crippen molar-refractivity contribution in [2.24, 2.45) is 0 Å². The van der Waals surface area contributed by atoms with E-state index in [4.69, 9.17) is 4.52 Å². The summed E-state index contributed by atoms with van der Waals surface area (Å²) < 4.78 is 5.38. The maximum Gasteiger partial charge on any atom is 0.241 e. The summed E-state index contributed by atoms with van der Waals surface area (Å²) in [6, 6.07) is 2.52. The Balaban J connectivity index is 1.67. The highest BCUT2D eigenvalue weighted by Gasteiger charge is 2.23. The largest absolute Gasteiger partial charge is 0.395 e. The molecule has 1 N–H and O–H groups in total. The lowest BCUT2D eigenvalue weighted by Crippen LogP contribution is -2.38. The van der Waals surface area contributed by atoms with Crippen LogP contribution in [0.2, 0.25) is 0 Å². The molecule has 0 atom stereocenters. The van der Waals surface area contributed by atoms with Crippen LogP contribution in [0.3, 0.4) is 0 Å². The molecule has 114 valence electrons. The van der Waals surface area contributed by atoms with E-state index in [1.54, 1.807) is 11.3 Å². The second-order valence-corrected chi connectivity index (χ2v) is 6.29. The summed E-state index contributed by atoms with van der Waals surface area (Å²) in [6.07, 6.45) is 6.27. The second-order valence-electron chi connectivity index (χ2n) is 5.51. The number of aliphatic hydroxyl groups is 1. The first kappa shape index (κ1) is 14.7. The van der Waals surface area contributed by atoms with E-state index in [0.717, 1.165) is 5.56 Å². The molecule has 5 nitrogen and oxygen atoms in total. The number of hydrogen-bond donors (Lipinski definition) is 1. The van der Waals surface area contributed by atoms with Gasteiger partial charge in [-0.3, -0.25) is 4.90 Å². The Bertz CT molecular complexity index is 535. The lowest BCUT2D eigenvalue weighted by Gasteiger charge is -2.32. The molecule has 6 heteroatoms. The van der Waals surface area contributed by atoms with E-state index in [0.29, 0.717) is 30.8 Å². The van der Waals surface area contributed by atoms with Crippen LogP contribution in [0.1, 0.15) is 38.0 Å². The molecule has 2 heterocycles. The van der Waals surface area contributed by atoms with Crippen LogP contribution < -0.4 is 0 Å². The molecule has 2 aromatic rings. The standard InChI is InChI=1S/C15H21N3O2S/c19-8-7-18(13-4-2-1-3-5-13)10-14-16-15(17-20-14)12-6-9-21-11-12/h6,9,11,13,19H,1-5,7-8,10H2. The molecular weight excluding hydrogens is 286 g/mol. The molecule has 1 aliphatic carbocycles. The van der Waals surface area contributed by atoms with Gasteiger partial charge in [0.2, 0.25) is 11.7 Å². The van der Waals surface area contributed by atoms with Gasteiger partial charge in [0.15, 0.2) is 0 Å². The molecule has 0 aromatic carbocycles. The lowest BCUT2D eigenvalue weighted by atomic mass is 9.94. The molecule has 2 aromatic heterocycles. The Morgan fingerprint density at radius 3 is 2.90 bits per heavy atom. The van der Waals surface area contributed by atoms with Gasteiger partial charge in [-0.25, -0.2) is 0 Å². The SMILES string of the molecule is OCCN(Cc1nc(-c2ccsc2)no1)C1CCCCC1. The Morgan fingerprint density at radius 1 is 1.33 bits per heavy atom. The van der Waals surface area contributed by atoms with Crippen molar-refractivity contribution in [1.82, 2.24) is 15.0 Å². The predicted octanol–water partition coefficient (Wildman–Crippen LogP) is 2.93. The van der Waals surface area contributed by atoms with Crippen LogP contribution in [0.25, 0.3) is 11.4 Å². The number of aromatic nitrogens is 2. The molecule has 0 bridgehead atoms. The molecule has 3 rings (SSSR count). The van der Waals surface area contributed by atoms with Crippen LogP contribution in [-0.4, -0.2) is 39.3 Å². The van der Waals surface area contributed by atoms with Crippen LogP contribution in [0.4, 0.5) is 0 Å². The van der Waals surface area contributed by atoms with Gasteiger partial charge in [-0.15, -0.1) is 0 Å². The van der Waals surface area contributed by atoms with E-state index in [9.17, 15) is 5.11 Å². The third kappa shape index (κ3) is 3.70. The topological polar surface area (TPSA) is 62.4 Å². The number of thiophene rings is 1. The molecular formula is C15H21N3O2S. The van der Waals surface area contributed by atoms with Crippen molar-refractivity contribution in [3.63, 3.8) is 0 Å². The van der Waals surface area contributed by atoms with Crippen LogP contribution in [0.15, 0.2) is 21.3 Å². The fraction of sp³-hybridized carbons (Fsp3) is 0.600. The highest BCUT2D eigenvalue weighted by Crippen LogP contribution is 2.24. The Kier molecular flexibility index (Phi) is 5.00. The van der Waals surface area contributed by atoms with Crippen molar-refractivity contribution < 1.29 is 9.63 Å². The van der Waals surface area contributed by atoms with Gasteiger partial charge in [0, 0.05) is 23.5 Å². The minimum Gasteiger partial charge on any atom is -0.395 e. The van der Waals surface area contributed by atoms with Crippen molar-refractivity contribution in [3.8, 4) is 11.4 Å². The van der Waals surface area contributed by atoms with Crippen molar-refractivity contribution in [2.45, 2.75) is 44.7 Å². The van der Waals surface area contributed by atoms with Crippen LogP contribution in [-0.2, 0) is 6.54 Å². The lowest BCUT2D eigenvalue weighted by molar-refractivity contribution is 0.105. The molecule has 0 spiro atoms.